The molecule has 0 spiro atoms. The van der Waals surface area contributed by atoms with Crippen LogP contribution in [0.25, 0.3) is 0 Å². The molecule has 1 aromatic rings. The Kier molecular flexibility index (Phi) is 4.49. The van der Waals surface area contributed by atoms with Crippen LogP contribution in [-0.4, -0.2) is 18.2 Å². The third-order valence-corrected chi connectivity index (χ3v) is 3.99. The smallest absolute Gasteiger partial charge is 0.412 e. The zero-order chi connectivity index (χ0) is 15.7. The van der Waals surface area contributed by atoms with Crippen LogP contribution in [-0.2, 0) is 10.2 Å². The topological polar surface area (TPSA) is 64.3 Å². The van der Waals surface area contributed by atoms with Crippen LogP contribution in [0.5, 0.6) is 0 Å². The molecule has 0 atom stereocenters. The van der Waals surface area contributed by atoms with Crippen molar-refractivity contribution < 1.29 is 9.53 Å². The lowest BCUT2D eigenvalue weighted by Crippen LogP contribution is -2.27. The molecule has 116 valence electrons. The van der Waals surface area contributed by atoms with Crippen LogP contribution in [0, 0.1) is 0 Å². The van der Waals surface area contributed by atoms with Gasteiger partial charge in [-0.1, -0.05) is 11.6 Å². The molecule has 1 aliphatic rings. The normalized spacial score (nSPS) is 16.4. The number of hydrogen-bond donors (Lipinski definition) is 2. The third kappa shape index (κ3) is 4.11. The van der Waals surface area contributed by atoms with Crippen LogP contribution in [0.2, 0.25) is 5.02 Å². The number of ether oxygens (including phenoxy) is 1. The first-order chi connectivity index (χ1) is 9.76. The molecule has 1 aliphatic carbocycles. The number of nitrogens with two attached hydrogens (primary N) is 1. The predicted molar refractivity (Wildman–Crippen MR) is 85.9 cm³/mol. The molecule has 2 rings (SSSR count). The lowest BCUT2D eigenvalue weighted by atomic mass is 9.92. The molecular weight excluding hydrogens is 288 g/mol. The lowest BCUT2D eigenvalue weighted by molar-refractivity contribution is 0.0636. The Morgan fingerprint density at radius 2 is 2.10 bits per heavy atom. The molecule has 0 unspecified atom stereocenters. The van der Waals surface area contributed by atoms with E-state index >= 15 is 0 Å². The van der Waals surface area contributed by atoms with E-state index in [2.05, 4.69) is 5.32 Å². The number of nitrogens with one attached hydrogen (secondary N) is 1. The van der Waals surface area contributed by atoms with Gasteiger partial charge in [-0.05, 0) is 75.8 Å². The molecule has 0 heterocycles. The number of amides is 1. The molecule has 1 amide bonds. The van der Waals surface area contributed by atoms with Crippen molar-refractivity contribution in [2.75, 3.05) is 11.9 Å². The Morgan fingerprint density at radius 3 is 2.62 bits per heavy atom. The van der Waals surface area contributed by atoms with Gasteiger partial charge in [0.05, 0.1) is 0 Å². The SMILES string of the molecule is CC(C)(C)OC(=O)Nc1ccc(Cl)c(C2(CCN)CC2)c1. The van der Waals surface area contributed by atoms with Crippen molar-refractivity contribution in [1.29, 1.82) is 0 Å². The zero-order valence-corrected chi connectivity index (χ0v) is 13.6. The summed E-state index contributed by atoms with van der Waals surface area (Å²) < 4.78 is 5.26. The van der Waals surface area contributed by atoms with Crippen molar-refractivity contribution in [3.8, 4) is 0 Å². The van der Waals surface area contributed by atoms with E-state index in [0.717, 1.165) is 29.8 Å². The van der Waals surface area contributed by atoms with Crippen LogP contribution in [0.3, 0.4) is 0 Å². The second-order valence-corrected chi connectivity index (χ2v) is 7.05. The highest BCUT2D eigenvalue weighted by molar-refractivity contribution is 6.31. The van der Waals surface area contributed by atoms with Gasteiger partial charge in [-0.15, -0.1) is 0 Å². The molecule has 0 aliphatic heterocycles. The summed E-state index contributed by atoms with van der Waals surface area (Å²) in [6, 6.07) is 5.55. The number of halogens is 1. The largest absolute Gasteiger partial charge is 0.444 e. The number of carbonyl (C=O) groups is 1. The van der Waals surface area contributed by atoms with E-state index in [0.29, 0.717) is 12.2 Å². The maximum atomic E-state index is 11.8. The van der Waals surface area contributed by atoms with Gasteiger partial charge >= 0.3 is 6.09 Å². The molecule has 1 fully saturated rings. The van der Waals surface area contributed by atoms with Crippen LogP contribution >= 0.6 is 11.6 Å². The summed E-state index contributed by atoms with van der Waals surface area (Å²) in [7, 11) is 0. The number of hydrogen-bond acceptors (Lipinski definition) is 3. The molecule has 5 heteroatoms. The molecule has 3 N–H and O–H groups in total. The van der Waals surface area contributed by atoms with E-state index in [-0.39, 0.29) is 5.41 Å². The van der Waals surface area contributed by atoms with Crippen molar-refractivity contribution in [3.05, 3.63) is 28.8 Å². The van der Waals surface area contributed by atoms with Crippen molar-refractivity contribution in [2.24, 2.45) is 5.73 Å². The molecule has 21 heavy (non-hydrogen) atoms. The van der Waals surface area contributed by atoms with Crippen molar-refractivity contribution >= 4 is 23.4 Å². The summed E-state index contributed by atoms with van der Waals surface area (Å²) in [5, 5.41) is 3.49. The molecule has 4 nitrogen and oxygen atoms in total. The highest BCUT2D eigenvalue weighted by atomic mass is 35.5. The summed E-state index contributed by atoms with van der Waals surface area (Å²) >= 11 is 6.31. The van der Waals surface area contributed by atoms with Crippen LogP contribution in [0.15, 0.2) is 18.2 Å². The quantitative estimate of drug-likeness (QED) is 0.881. The standard InChI is InChI=1S/C16H23ClN2O2/c1-15(2,3)21-14(20)19-11-4-5-13(17)12(10-11)16(6-7-16)8-9-18/h4-5,10H,6-9,18H2,1-3H3,(H,19,20). The third-order valence-electron chi connectivity index (χ3n) is 3.66. The van der Waals surface area contributed by atoms with Crippen molar-refractivity contribution in [3.63, 3.8) is 0 Å². The summed E-state index contributed by atoms with van der Waals surface area (Å²) in [5.41, 5.74) is 7.05. The van der Waals surface area contributed by atoms with Gasteiger partial charge in [-0.3, -0.25) is 5.32 Å². The Balaban J connectivity index is 2.14. The molecular formula is C16H23ClN2O2. The summed E-state index contributed by atoms with van der Waals surface area (Å²) in [5.74, 6) is 0. The van der Waals surface area contributed by atoms with Gasteiger partial charge in [0.15, 0.2) is 0 Å². The highest BCUT2D eigenvalue weighted by Gasteiger charge is 2.44. The highest BCUT2D eigenvalue weighted by Crippen LogP contribution is 2.53. The first kappa shape index (κ1) is 16.1. The van der Waals surface area contributed by atoms with E-state index in [1.165, 1.54) is 0 Å². The summed E-state index contributed by atoms with van der Waals surface area (Å²) in [6.45, 7) is 6.14. The molecule has 1 aromatic carbocycles. The van der Waals surface area contributed by atoms with Gasteiger partial charge in [0.25, 0.3) is 0 Å². The Morgan fingerprint density at radius 1 is 1.43 bits per heavy atom. The summed E-state index contributed by atoms with van der Waals surface area (Å²) in [4.78, 5) is 11.8. The molecule has 0 bridgehead atoms. The van der Waals surface area contributed by atoms with Crippen molar-refractivity contribution in [2.45, 2.75) is 51.0 Å². The van der Waals surface area contributed by atoms with Gasteiger partial charge < -0.3 is 10.5 Å². The average Bonchev–Trinajstić information content (AvgIpc) is 3.10. The fourth-order valence-corrected chi connectivity index (χ4v) is 2.83. The fourth-order valence-electron chi connectivity index (χ4n) is 2.51. The molecule has 0 saturated heterocycles. The van der Waals surface area contributed by atoms with Gasteiger partial charge in [0.1, 0.15) is 5.60 Å². The minimum absolute atomic E-state index is 0.0947. The molecule has 0 aromatic heterocycles. The Bertz CT molecular complexity index is 534. The minimum atomic E-state index is -0.517. The minimum Gasteiger partial charge on any atom is -0.444 e. The fraction of sp³-hybridized carbons (Fsp3) is 0.562. The monoisotopic (exact) mass is 310 g/mol. The average molecular weight is 311 g/mol. The van der Waals surface area contributed by atoms with Gasteiger partial charge in [0.2, 0.25) is 0 Å². The van der Waals surface area contributed by atoms with Crippen LogP contribution in [0.4, 0.5) is 10.5 Å². The van der Waals surface area contributed by atoms with E-state index in [9.17, 15) is 4.79 Å². The maximum Gasteiger partial charge on any atom is 0.412 e. The van der Waals surface area contributed by atoms with Crippen molar-refractivity contribution in [1.82, 2.24) is 0 Å². The predicted octanol–water partition coefficient (Wildman–Crippen LogP) is 4.07. The van der Waals surface area contributed by atoms with E-state index in [1.807, 2.05) is 32.9 Å². The molecule has 1 saturated carbocycles. The zero-order valence-electron chi connectivity index (χ0n) is 12.8. The maximum absolute atomic E-state index is 11.8. The number of anilines is 1. The number of rotatable bonds is 4. The summed E-state index contributed by atoms with van der Waals surface area (Å²) in [6.07, 6.45) is 2.65. The van der Waals surface area contributed by atoms with E-state index in [1.54, 1.807) is 6.07 Å². The van der Waals surface area contributed by atoms with Gasteiger partial charge in [-0.2, -0.15) is 0 Å². The van der Waals surface area contributed by atoms with Gasteiger partial charge in [0, 0.05) is 10.7 Å². The first-order valence-corrected chi connectivity index (χ1v) is 7.64. The van der Waals surface area contributed by atoms with E-state index in [4.69, 9.17) is 22.1 Å². The lowest BCUT2D eigenvalue weighted by Gasteiger charge is -2.21. The number of carbonyl (C=O) groups excluding carboxylic acids is 1. The van der Waals surface area contributed by atoms with Gasteiger partial charge in [-0.25, -0.2) is 4.79 Å². The van der Waals surface area contributed by atoms with Crippen LogP contribution < -0.4 is 11.1 Å². The second-order valence-electron chi connectivity index (χ2n) is 6.64. The first-order valence-electron chi connectivity index (χ1n) is 7.26. The Hall–Kier alpha value is -1.26. The second kappa shape index (κ2) is 5.85. The Labute approximate surface area is 131 Å². The molecule has 0 radical (unpaired) electrons. The number of benzene rings is 1. The van der Waals surface area contributed by atoms with E-state index < -0.39 is 11.7 Å². The van der Waals surface area contributed by atoms with Crippen LogP contribution in [0.1, 0.15) is 45.6 Å².